The van der Waals surface area contributed by atoms with Crippen LogP contribution in [-0.2, 0) is 26.3 Å². The van der Waals surface area contributed by atoms with E-state index in [0.29, 0.717) is 49.4 Å². The third-order valence-corrected chi connectivity index (χ3v) is 15.8. The zero-order valence-electron chi connectivity index (χ0n) is 39.9. The summed E-state index contributed by atoms with van der Waals surface area (Å²) in [4.78, 5) is 45.8. The number of rotatable bonds is 16. The van der Waals surface area contributed by atoms with E-state index in [1.165, 1.54) is 16.0 Å². The molecule has 10 atom stereocenters. The monoisotopic (exact) mass is 835 g/mol. The fraction of sp³-hybridized carbons (Fsp3) is 0.788. The fourth-order valence-electron chi connectivity index (χ4n) is 12.3. The minimum absolute atomic E-state index is 0.0217. The quantitative estimate of drug-likeness (QED) is 0.113. The first-order chi connectivity index (χ1) is 28.1. The molecule has 0 amide bonds. The summed E-state index contributed by atoms with van der Waals surface area (Å²) in [5.74, 6) is 2.04. The summed E-state index contributed by atoms with van der Waals surface area (Å²) in [5.41, 5.74) is -0.793. The topological polar surface area (TPSA) is 115 Å². The molecule has 0 radical (unpaired) electrons. The first-order valence-electron chi connectivity index (χ1n) is 24.0. The molecule has 0 aromatic heterocycles. The molecule has 8 heteroatoms. The highest BCUT2D eigenvalue weighted by Gasteiger charge is 2.77. The van der Waals surface area contributed by atoms with Gasteiger partial charge in [-0.1, -0.05) is 114 Å². The Balaban J connectivity index is 0.000000269. The third-order valence-electron chi connectivity index (χ3n) is 15.8. The van der Waals surface area contributed by atoms with Crippen LogP contribution in [0.4, 0.5) is 0 Å². The van der Waals surface area contributed by atoms with E-state index in [2.05, 4.69) is 81.5 Å². The summed E-state index contributed by atoms with van der Waals surface area (Å²) >= 11 is 0. The van der Waals surface area contributed by atoms with Crippen LogP contribution in [0.2, 0.25) is 0 Å². The lowest BCUT2D eigenvalue weighted by molar-refractivity contribution is -0.893. The molecule has 0 saturated heterocycles. The summed E-state index contributed by atoms with van der Waals surface area (Å²) in [5, 5.41) is 22.4. The maximum Gasteiger partial charge on any atom is 0.166 e. The van der Waals surface area contributed by atoms with Crippen molar-refractivity contribution in [2.24, 2.45) is 57.7 Å². The van der Waals surface area contributed by atoms with E-state index in [9.17, 15) is 19.8 Å². The van der Waals surface area contributed by atoms with E-state index >= 15 is 4.79 Å². The summed E-state index contributed by atoms with van der Waals surface area (Å²) < 4.78 is 11.8. The highest BCUT2D eigenvalue weighted by Crippen LogP contribution is 2.68. The largest absolute Gasteiger partial charge is 0.493 e. The number of aliphatic hydroxyl groups is 2. The van der Waals surface area contributed by atoms with Gasteiger partial charge in [-0.05, 0) is 85.7 Å². The standard InChI is InChI=1S/C35H62O4.C17H21NO3/c1-22(2)13-12-19-33(11)27(16-14-23(3)4)21-34(20-18-25(7)8)30(37)28(17-15-24(5)6)31(38)35(33,32(34)39)29(36)26(9)10;1-18-8-7-17-6-5-12(19)9-14(17)21-16-13(20-2)4-3-11(10-18)15(16)17/h22-28,31,38H,12-21H2,1-11H3;3-6,12,14,19H,7-10H2,1-2H3/p+1/t27-,28?,31?,33+,34+,35-;12-,14-,17?/m10/s1. The van der Waals surface area contributed by atoms with E-state index in [1.807, 2.05) is 26.0 Å². The molecule has 2 heterocycles. The number of ketones is 3. The molecule has 2 saturated carbocycles. The molecule has 4 unspecified atom stereocenters. The molecule has 2 bridgehead atoms. The zero-order chi connectivity index (χ0) is 44.5. The van der Waals surface area contributed by atoms with Gasteiger partial charge in [-0.15, -0.1) is 0 Å². The second kappa shape index (κ2) is 19.1. The number of fused-ring (bicyclic) bond motifs is 2. The molecule has 3 aliphatic carbocycles. The molecule has 1 aromatic carbocycles. The summed E-state index contributed by atoms with van der Waals surface area (Å²) in [7, 11) is 3.93. The molecule has 60 heavy (non-hydrogen) atoms. The maximum atomic E-state index is 15.1. The van der Waals surface area contributed by atoms with Crippen LogP contribution in [0.1, 0.15) is 164 Å². The highest BCUT2D eigenvalue weighted by molar-refractivity contribution is 6.22. The lowest BCUT2D eigenvalue weighted by Crippen LogP contribution is -3.07. The predicted molar refractivity (Wildman–Crippen MR) is 240 cm³/mol. The molecule has 3 N–H and O–H groups in total. The van der Waals surface area contributed by atoms with Gasteiger partial charge in [0.25, 0.3) is 0 Å². The minimum Gasteiger partial charge on any atom is -0.493 e. The van der Waals surface area contributed by atoms with Crippen molar-refractivity contribution in [1.82, 2.24) is 0 Å². The van der Waals surface area contributed by atoms with Crippen molar-refractivity contribution in [3.63, 3.8) is 0 Å². The Morgan fingerprint density at radius 1 is 0.900 bits per heavy atom. The average Bonchev–Trinajstić information content (AvgIpc) is 3.43. The first-order valence-corrected chi connectivity index (χ1v) is 24.0. The molecule has 6 rings (SSSR count). The van der Waals surface area contributed by atoms with Gasteiger partial charge < -0.3 is 24.6 Å². The molecular formula is C52H84NO7+. The van der Waals surface area contributed by atoms with Crippen molar-refractivity contribution in [3.8, 4) is 11.5 Å². The van der Waals surface area contributed by atoms with Crippen molar-refractivity contribution < 1.29 is 39.0 Å². The highest BCUT2D eigenvalue weighted by atomic mass is 16.5. The van der Waals surface area contributed by atoms with Crippen LogP contribution in [0.25, 0.3) is 0 Å². The number of carbonyl (C=O) groups is 3. The Labute approximate surface area is 364 Å². The lowest BCUT2D eigenvalue weighted by atomic mass is 9.35. The SMILES string of the molecule is CC(C)CCC[C@@]1(C)[C@H](CCC(C)C)C[C@@]2(CCC(C)C)C(=O)C(CCC(C)C)C(O)[C@]1(C(=O)C(C)C)C2=O.COc1ccc2c3c1O[C@H]1C[C@@H](O)C=CC31CC[NH+](C)C2. The van der Waals surface area contributed by atoms with Gasteiger partial charge in [-0.25, -0.2) is 0 Å². The average molecular weight is 835 g/mol. The number of Topliss-reactive ketones (excluding diaryl/α,β-unsaturated/α-hetero) is 3. The maximum absolute atomic E-state index is 15.1. The van der Waals surface area contributed by atoms with E-state index in [0.717, 1.165) is 76.0 Å². The van der Waals surface area contributed by atoms with E-state index in [1.54, 1.807) is 7.11 Å². The third kappa shape index (κ3) is 8.70. The van der Waals surface area contributed by atoms with E-state index in [-0.39, 0.29) is 34.8 Å². The molecule has 2 aliphatic heterocycles. The van der Waals surface area contributed by atoms with Gasteiger partial charge in [0.15, 0.2) is 28.8 Å². The Bertz CT molecular complexity index is 1710. The molecule has 2 fully saturated rings. The number of quaternary nitrogens is 1. The van der Waals surface area contributed by atoms with Crippen LogP contribution in [-0.4, -0.2) is 66.6 Å². The van der Waals surface area contributed by atoms with Crippen LogP contribution in [0, 0.1) is 57.7 Å². The number of aliphatic hydroxyl groups excluding tert-OH is 2. The Morgan fingerprint density at radius 2 is 1.53 bits per heavy atom. The van der Waals surface area contributed by atoms with Gasteiger partial charge in [0.05, 0.1) is 43.7 Å². The van der Waals surface area contributed by atoms with Crippen molar-refractivity contribution in [2.75, 3.05) is 20.7 Å². The van der Waals surface area contributed by atoms with Crippen molar-refractivity contribution in [1.29, 1.82) is 0 Å². The van der Waals surface area contributed by atoms with Crippen LogP contribution < -0.4 is 14.4 Å². The van der Waals surface area contributed by atoms with Gasteiger partial charge in [0, 0.05) is 35.8 Å². The number of hydrogen-bond acceptors (Lipinski definition) is 7. The number of benzene rings is 1. The second-order valence-corrected chi connectivity index (χ2v) is 22.2. The Kier molecular flexibility index (Phi) is 15.4. The van der Waals surface area contributed by atoms with Crippen LogP contribution in [0.15, 0.2) is 24.3 Å². The van der Waals surface area contributed by atoms with Gasteiger partial charge >= 0.3 is 0 Å². The van der Waals surface area contributed by atoms with Crippen molar-refractivity contribution in [3.05, 3.63) is 35.4 Å². The van der Waals surface area contributed by atoms with Gasteiger partial charge in [-0.3, -0.25) is 14.4 Å². The zero-order valence-corrected chi connectivity index (χ0v) is 39.9. The number of ether oxygens (including phenoxy) is 2. The molecule has 338 valence electrons. The van der Waals surface area contributed by atoms with Gasteiger partial charge in [0.1, 0.15) is 18.1 Å². The smallest absolute Gasteiger partial charge is 0.166 e. The van der Waals surface area contributed by atoms with E-state index in [4.69, 9.17) is 9.47 Å². The second-order valence-electron chi connectivity index (χ2n) is 22.2. The minimum atomic E-state index is -1.52. The summed E-state index contributed by atoms with van der Waals surface area (Å²) in [6.45, 7) is 25.4. The van der Waals surface area contributed by atoms with Gasteiger partial charge in [-0.2, -0.15) is 0 Å². The number of methoxy groups -OCH3 is 1. The molecule has 5 aliphatic rings. The summed E-state index contributed by atoms with van der Waals surface area (Å²) in [6.07, 6.45) is 11.9. The van der Waals surface area contributed by atoms with E-state index < -0.39 is 40.3 Å². The first kappa shape index (κ1) is 48.5. The molecular weight excluding hydrogens is 751 g/mol. The Morgan fingerprint density at radius 3 is 2.13 bits per heavy atom. The van der Waals surface area contributed by atoms with Crippen molar-refractivity contribution >= 4 is 17.3 Å². The van der Waals surface area contributed by atoms with Gasteiger partial charge in [0.2, 0.25) is 0 Å². The normalized spacial score (nSPS) is 34.4. The molecule has 1 aromatic rings. The fourth-order valence-corrected chi connectivity index (χ4v) is 12.3. The summed E-state index contributed by atoms with van der Waals surface area (Å²) in [6, 6.07) is 4.19. The predicted octanol–water partition coefficient (Wildman–Crippen LogP) is 8.91. The molecule has 8 nitrogen and oxygen atoms in total. The van der Waals surface area contributed by atoms with Crippen molar-refractivity contribution in [2.45, 2.75) is 183 Å². The lowest BCUT2D eigenvalue weighted by Gasteiger charge is -2.65. The van der Waals surface area contributed by atoms with Crippen LogP contribution >= 0.6 is 0 Å². The van der Waals surface area contributed by atoms with Crippen LogP contribution in [0.5, 0.6) is 11.5 Å². The number of carbonyl (C=O) groups excluding carboxylic acids is 3. The van der Waals surface area contributed by atoms with Crippen LogP contribution in [0.3, 0.4) is 0 Å². The number of hydrogen-bond donors (Lipinski definition) is 3. The Hall–Kier alpha value is -2.55. The number of nitrogens with one attached hydrogen (secondary N) is 1. The molecule has 1 spiro atoms.